The first-order valence-corrected chi connectivity index (χ1v) is 20.3. The van der Waals surface area contributed by atoms with Crippen LogP contribution in [0, 0.1) is 0 Å². The molecule has 1 heteroatoms. The number of anilines is 3. The molecule has 58 heavy (non-hydrogen) atoms. The van der Waals surface area contributed by atoms with Gasteiger partial charge in [-0.05, 0) is 113 Å². The summed E-state index contributed by atoms with van der Waals surface area (Å²) in [4.78, 5) is 2.48. The number of benzene rings is 10. The van der Waals surface area contributed by atoms with E-state index in [1.807, 2.05) is 0 Å². The summed E-state index contributed by atoms with van der Waals surface area (Å²) >= 11 is 0. The minimum atomic E-state index is -0.0952. The average molecular weight is 740 g/mol. The molecule has 0 aromatic heterocycles. The summed E-state index contributed by atoms with van der Waals surface area (Å²) in [5, 5.41) is 7.54. The van der Waals surface area contributed by atoms with Crippen LogP contribution in [0.3, 0.4) is 0 Å². The Morgan fingerprint density at radius 3 is 1.67 bits per heavy atom. The summed E-state index contributed by atoms with van der Waals surface area (Å²) in [7, 11) is 0. The molecular weight excluding hydrogens is 699 g/mol. The molecule has 0 fully saturated rings. The second-order valence-electron chi connectivity index (χ2n) is 16.1. The van der Waals surface area contributed by atoms with Crippen molar-refractivity contribution in [3.8, 4) is 44.5 Å². The van der Waals surface area contributed by atoms with Crippen LogP contribution in [0.25, 0.3) is 76.8 Å². The molecular formula is C57H41N. The first-order valence-electron chi connectivity index (χ1n) is 20.3. The molecule has 0 N–H and O–H groups in total. The molecule has 1 aliphatic carbocycles. The standard InChI is InChI=1S/C57H41N/c1-57(2)52-26-12-9-24-50(52)56-49(25-15-27-53(56)57)48-23-11-14-29-55(48)58(54-28-13-10-20-45(54)42-31-30-38-16-3-4-17-40(38)36-42)43-34-32-39(33-35-43)51-37-41-18-5-6-19-44(41)46-21-7-8-22-47(46)51/h3-37H,1-2H3. The molecule has 0 saturated heterocycles. The highest BCUT2D eigenvalue weighted by Gasteiger charge is 2.37. The molecule has 0 aliphatic heterocycles. The third-order valence-electron chi connectivity index (χ3n) is 12.5. The molecule has 10 aromatic rings. The molecule has 1 nitrogen and oxygen atoms in total. The van der Waals surface area contributed by atoms with Crippen molar-refractivity contribution in [1.29, 1.82) is 0 Å². The third-order valence-corrected chi connectivity index (χ3v) is 12.5. The van der Waals surface area contributed by atoms with Crippen molar-refractivity contribution in [3.63, 3.8) is 0 Å². The Morgan fingerprint density at radius 2 is 0.879 bits per heavy atom. The first-order chi connectivity index (χ1) is 28.5. The number of hydrogen-bond donors (Lipinski definition) is 0. The average Bonchev–Trinajstić information content (AvgIpc) is 3.52. The van der Waals surface area contributed by atoms with Crippen LogP contribution in [0.2, 0.25) is 0 Å². The maximum absolute atomic E-state index is 2.48. The van der Waals surface area contributed by atoms with Crippen LogP contribution in [0.4, 0.5) is 17.1 Å². The Balaban J connectivity index is 1.14. The van der Waals surface area contributed by atoms with Gasteiger partial charge in [-0.2, -0.15) is 0 Å². The van der Waals surface area contributed by atoms with Gasteiger partial charge >= 0.3 is 0 Å². The summed E-state index contributed by atoms with van der Waals surface area (Å²) in [6, 6.07) is 78.3. The SMILES string of the molecule is CC1(C)c2ccccc2-c2c(-c3ccccc3N(c3ccc(-c4cc5ccccc5c5ccccc45)cc3)c3ccccc3-c3ccc4ccccc4c3)cccc21. The zero-order chi connectivity index (χ0) is 38.8. The van der Waals surface area contributed by atoms with Gasteiger partial charge in [0.25, 0.3) is 0 Å². The van der Waals surface area contributed by atoms with Gasteiger partial charge in [-0.3, -0.25) is 0 Å². The van der Waals surface area contributed by atoms with E-state index in [1.165, 1.54) is 88.0 Å². The van der Waals surface area contributed by atoms with E-state index < -0.39 is 0 Å². The Labute approximate surface area is 340 Å². The number of hydrogen-bond acceptors (Lipinski definition) is 1. The van der Waals surface area contributed by atoms with E-state index in [0.29, 0.717) is 0 Å². The quantitative estimate of drug-likeness (QED) is 0.154. The largest absolute Gasteiger partial charge is 0.309 e. The second-order valence-corrected chi connectivity index (χ2v) is 16.1. The van der Waals surface area contributed by atoms with Gasteiger partial charge in [0.15, 0.2) is 0 Å². The fraction of sp³-hybridized carbons (Fsp3) is 0.0526. The Morgan fingerprint density at radius 1 is 0.328 bits per heavy atom. The molecule has 274 valence electrons. The number of fused-ring (bicyclic) bond motifs is 7. The van der Waals surface area contributed by atoms with Gasteiger partial charge in [0.2, 0.25) is 0 Å². The summed E-state index contributed by atoms with van der Waals surface area (Å²) in [5.41, 5.74) is 15.9. The topological polar surface area (TPSA) is 3.24 Å². The van der Waals surface area contributed by atoms with Crippen LogP contribution >= 0.6 is 0 Å². The van der Waals surface area contributed by atoms with E-state index in [4.69, 9.17) is 0 Å². The first kappa shape index (κ1) is 34.1. The van der Waals surface area contributed by atoms with Gasteiger partial charge in [-0.1, -0.05) is 190 Å². The van der Waals surface area contributed by atoms with Gasteiger partial charge in [0.1, 0.15) is 0 Å². The van der Waals surface area contributed by atoms with E-state index >= 15 is 0 Å². The second kappa shape index (κ2) is 13.5. The van der Waals surface area contributed by atoms with Gasteiger partial charge in [-0.15, -0.1) is 0 Å². The van der Waals surface area contributed by atoms with Crippen LogP contribution in [0.5, 0.6) is 0 Å². The fourth-order valence-electron chi connectivity index (χ4n) is 9.64. The van der Waals surface area contributed by atoms with Crippen LogP contribution in [0.15, 0.2) is 212 Å². The molecule has 1 aliphatic rings. The Hall–Kier alpha value is -7.22. The summed E-state index contributed by atoms with van der Waals surface area (Å²) in [5.74, 6) is 0. The molecule has 0 atom stereocenters. The highest BCUT2D eigenvalue weighted by molar-refractivity contribution is 6.14. The van der Waals surface area contributed by atoms with Crippen LogP contribution < -0.4 is 4.90 Å². The van der Waals surface area contributed by atoms with Crippen LogP contribution in [0.1, 0.15) is 25.0 Å². The number of rotatable bonds is 6. The predicted molar refractivity (Wildman–Crippen MR) is 248 cm³/mol. The van der Waals surface area contributed by atoms with E-state index in [-0.39, 0.29) is 5.41 Å². The molecule has 0 bridgehead atoms. The van der Waals surface area contributed by atoms with Crippen LogP contribution in [-0.2, 0) is 5.41 Å². The minimum absolute atomic E-state index is 0.0952. The molecule has 10 aromatic carbocycles. The maximum atomic E-state index is 2.48. The molecule has 0 unspecified atom stereocenters. The molecule has 0 amide bonds. The van der Waals surface area contributed by atoms with Crippen LogP contribution in [-0.4, -0.2) is 0 Å². The van der Waals surface area contributed by atoms with E-state index in [0.717, 1.165) is 17.1 Å². The number of nitrogens with zero attached hydrogens (tertiary/aromatic N) is 1. The third kappa shape index (κ3) is 5.39. The highest BCUT2D eigenvalue weighted by Crippen LogP contribution is 2.54. The van der Waals surface area contributed by atoms with Crippen molar-refractivity contribution in [1.82, 2.24) is 0 Å². The zero-order valence-corrected chi connectivity index (χ0v) is 32.7. The zero-order valence-electron chi connectivity index (χ0n) is 32.7. The van der Waals surface area contributed by atoms with E-state index in [9.17, 15) is 0 Å². The van der Waals surface area contributed by atoms with E-state index in [2.05, 4.69) is 231 Å². The van der Waals surface area contributed by atoms with Gasteiger partial charge in [0, 0.05) is 22.2 Å². The number of para-hydroxylation sites is 2. The monoisotopic (exact) mass is 739 g/mol. The maximum Gasteiger partial charge on any atom is 0.0540 e. The van der Waals surface area contributed by atoms with Gasteiger partial charge in [0.05, 0.1) is 11.4 Å². The Bertz CT molecular complexity index is 3200. The summed E-state index contributed by atoms with van der Waals surface area (Å²) < 4.78 is 0. The summed E-state index contributed by atoms with van der Waals surface area (Å²) in [6.45, 7) is 4.72. The Kier molecular flexibility index (Phi) is 7.91. The van der Waals surface area contributed by atoms with Crippen molar-refractivity contribution in [2.75, 3.05) is 4.90 Å². The van der Waals surface area contributed by atoms with Crippen molar-refractivity contribution >= 4 is 49.4 Å². The molecule has 0 heterocycles. The lowest BCUT2D eigenvalue weighted by atomic mass is 9.82. The lowest BCUT2D eigenvalue weighted by molar-refractivity contribution is 0.660. The van der Waals surface area contributed by atoms with Crippen molar-refractivity contribution in [2.24, 2.45) is 0 Å². The van der Waals surface area contributed by atoms with Crippen molar-refractivity contribution < 1.29 is 0 Å². The molecule has 11 rings (SSSR count). The van der Waals surface area contributed by atoms with Gasteiger partial charge < -0.3 is 4.90 Å². The lowest BCUT2D eigenvalue weighted by Gasteiger charge is -2.30. The minimum Gasteiger partial charge on any atom is -0.309 e. The van der Waals surface area contributed by atoms with Crippen molar-refractivity contribution in [3.05, 3.63) is 223 Å². The summed E-state index contributed by atoms with van der Waals surface area (Å²) in [6.07, 6.45) is 0. The highest BCUT2D eigenvalue weighted by atomic mass is 15.1. The predicted octanol–water partition coefficient (Wildman–Crippen LogP) is 15.9. The normalized spacial score (nSPS) is 12.8. The van der Waals surface area contributed by atoms with E-state index in [1.54, 1.807) is 0 Å². The molecule has 0 saturated carbocycles. The smallest absolute Gasteiger partial charge is 0.0540 e. The lowest BCUT2D eigenvalue weighted by Crippen LogP contribution is -2.15. The molecule has 0 radical (unpaired) electrons. The fourth-order valence-corrected chi connectivity index (χ4v) is 9.64. The molecule has 0 spiro atoms. The van der Waals surface area contributed by atoms with Gasteiger partial charge in [-0.25, -0.2) is 0 Å². The van der Waals surface area contributed by atoms with Crippen molar-refractivity contribution in [2.45, 2.75) is 19.3 Å².